The van der Waals surface area contributed by atoms with E-state index in [2.05, 4.69) is 5.32 Å². The van der Waals surface area contributed by atoms with Crippen LogP contribution in [0.5, 0.6) is 0 Å². The first kappa shape index (κ1) is 16.1. The molecule has 0 saturated heterocycles. The maximum absolute atomic E-state index is 10.2. The molecule has 0 radical (unpaired) electrons. The number of benzene rings is 2. The molecule has 0 aliphatic carbocycles. The topological polar surface area (TPSA) is 41.5 Å². The van der Waals surface area contributed by atoms with Crippen LogP contribution in [0.3, 0.4) is 0 Å². The zero-order valence-corrected chi connectivity index (χ0v) is 13.2. The van der Waals surface area contributed by atoms with Gasteiger partial charge in [-0.2, -0.15) is 0 Å². The number of methoxy groups -OCH3 is 1. The fourth-order valence-electron chi connectivity index (χ4n) is 2.03. The quantitative estimate of drug-likeness (QED) is 0.832. The first-order chi connectivity index (χ1) is 10.1. The second kappa shape index (κ2) is 7.66. The lowest BCUT2D eigenvalue weighted by molar-refractivity contribution is 0.185. The van der Waals surface area contributed by atoms with Gasteiger partial charge in [0.05, 0.1) is 12.7 Å². The smallest absolute Gasteiger partial charge is 0.0977 e. The molecule has 0 bridgehead atoms. The summed E-state index contributed by atoms with van der Waals surface area (Å²) < 4.78 is 5.10. The number of ether oxygens (including phenoxy) is 1. The lowest BCUT2D eigenvalue weighted by atomic mass is 10.1. The van der Waals surface area contributed by atoms with Gasteiger partial charge in [0, 0.05) is 35.0 Å². The second-order valence-corrected chi connectivity index (χ2v) is 5.54. The Kier molecular flexibility index (Phi) is 5.88. The van der Waals surface area contributed by atoms with Gasteiger partial charge in [-0.3, -0.25) is 0 Å². The highest BCUT2D eigenvalue weighted by molar-refractivity contribution is 6.33. The molecule has 0 aliphatic heterocycles. The summed E-state index contributed by atoms with van der Waals surface area (Å²) in [6.07, 6.45) is -0.734. The van der Waals surface area contributed by atoms with E-state index < -0.39 is 6.10 Å². The molecule has 0 spiro atoms. The van der Waals surface area contributed by atoms with Crippen molar-refractivity contribution >= 4 is 28.9 Å². The average Bonchev–Trinajstić information content (AvgIpc) is 2.48. The summed E-state index contributed by atoms with van der Waals surface area (Å²) in [5.74, 6) is 0. The molecular weight excluding hydrogens is 309 g/mol. The molecule has 5 heteroatoms. The van der Waals surface area contributed by atoms with Crippen molar-refractivity contribution in [2.75, 3.05) is 19.0 Å². The van der Waals surface area contributed by atoms with E-state index in [-0.39, 0.29) is 0 Å². The van der Waals surface area contributed by atoms with E-state index in [0.717, 1.165) is 11.3 Å². The largest absolute Gasteiger partial charge is 0.387 e. The van der Waals surface area contributed by atoms with Crippen LogP contribution in [0, 0.1) is 0 Å². The van der Waals surface area contributed by atoms with Crippen LogP contribution in [-0.4, -0.2) is 18.8 Å². The Morgan fingerprint density at radius 3 is 2.76 bits per heavy atom. The van der Waals surface area contributed by atoms with Crippen LogP contribution in [0.25, 0.3) is 0 Å². The van der Waals surface area contributed by atoms with E-state index in [9.17, 15) is 5.11 Å². The third-order valence-electron chi connectivity index (χ3n) is 3.05. The van der Waals surface area contributed by atoms with E-state index in [1.165, 1.54) is 0 Å². The number of aliphatic hydroxyl groups is 1. The van der Waals surface area contributed by atoms with E-state index >= 15 is 0 Å². The maximum atomic E-state index is 10.2. The fourth-order valence-corrected chi connectivity index (χ4v) is 2.46. The summed E-state index contributed by atoms with van der Waals surface area (Å²) in [6.45, 7) is 0.898. The van der Waals surface area contributed by atoms with Crippen molar-refractivity contribution in [1.29, 1.82) is 0 Å². The van der Waals surface area contributed by atoms with Gasteiger partial charge in [-0.1, -0.05) is 35.3 Å². The molecule has 1 unspecified atom stereocenters. The lowest BCUT2D eigenvalue weighted by Gasteiger charge is -2.15. The molecule has 0 aromatic heterocycles. The number of anilines is 1. The summed E-state index contributed by atoms with van der Waals surface area (Å²) in [6, 6.07) is 12.9. The number of hydrogen-bond acceptors (Lipinski definition) is 3. The molecule has 2 rings (SSSR count). The van der Waals surface area contributed by atoms with Crippen LogP contribution in [-0.2, 0) is 11.3 Å². The van der Waals surface area contributed by atoms with Crippen molar-refractivity contribution in [3.05, 3.63) is 63.6 Å². The molecule has 0 saturated carbocycles. The van der Waals surface area contributed by atoms with Gasteiger partial charge in [-0.25, -0.2) is 0 Å². The number of halogens is 2. The van der Waals surface area contributed by atoms with Gasteiger partial charge in [-0.15, -0.1) is 0 Å². The van der Waals surface area contributed by atoms with Crippen LogP contribution >= 0.6 is 23.2 Å². The van der Waals surface area contributed by atoms with Gasteiger partial charge < -0.3 is 15.2 Å². The van der Waals surface area contributed by atoms with E-state index in [4.69, 9.17) is 27.9 Å². The lowest BCUT2D eigenvalue weighted by Crippen LogP contribution is -2.12. The minimum Gasteiger partial charge on any atom is -0.387 e. The van der Waals surface area contributed by atoms with Crippen LogP contribution in [0.1, 0.15) is 17.2 Å². The Bertz CT molecular complexity index is 605. The molecule has 3 nitrogen and oxygen atoms in total. The summed E-state index contributed by atoms with van der Waals surface area (Å²) in [4.78, 5) is 0. The SMILES string of the molecule is COCc1cccc(NCC(O)c2cc(Cl)ccc2Cl)c1. The number of hydrogen-bond donors (Lipinski definition) is 2. The molecule has 0 aliphatic rings. The van der Waals surface area contributed by atoms with Crippen molar-refractivity contribution in [3.63, 3.8) is 0 Å². The van der Waals surface area contributed by atoms with Crippen molar-refractivity contribution in [2.24, 2.45) is 0 Å². The number of aliphatic hydroxyl groups excluding tert-OH is 1. The van der Waals surface area contributed by atoms with E-state index in [0.29, 0.717) is 28.8 Å². The first-order valence-corrected chi connectivity index (χ1v) is 7.30. The van der Waals surface area contributed by atoms with Crippen LogP contribution < -0.4 is 5.32 Å². The van der Waals surface area contributed by atoms with Crippen LogP contribution in [0.4, 0.5) is 5.69 Å². The molecule has 0 heterocycles. The molecule has 112 valence electrons. The molecule has 2 N–H and O–H groups in total. The minimum atomic E-state index is -0.734. The maximum Gasteiger partial charge on any atom is 0.0977 e. The van der Waals surface area contributed by atoms with Crippen molar-refractivity contribution in [3.8, 4) is 0 Å². The summed E-state index contributed by atoms with van der Waals surface area (Å²) in [5, 5.41) is 14.5. The normalized spacial score (nSPS) is 12.2. The zero-order valence-electron chi connectivity index (χ0n) is 11.6. The number of rotatable bonds is 6. The van der Waals surface area contributed by atoms with E-state index in [1.54, 1.807) is 25.3 Å². The second-order valence-electron chi connectivity index (χ2n) is 4.70. The monoisotopic (exact) mass is 325 g/mol. The van der Waals surface area contributed by atoms with Crippen LogP contribution in [0.15, 0.2) is 42.5 Å². The Morgan fingerprint density at radius 2 is 2.00 bits per heavy atom. The first-order valence-electron chi connectivity index (χ1n) is 6.55. The Labute approximate surface area is 134 Å². The minimum absolute atomic E-state index is 0.344. The van der Waals surface area contributed by atoms with Crippen molar-refractivity contribution < 1.29 is 9.84 Å². The third kappa shape index (κ3) is 4.61. The van der Waals surface area contributed by atoms with Gasteiger partial charge >= 0.3 is 0 Å². The molecule has 2 aromatic rings. The fraction of sp³-hybridized carbons (Fsp3) is 0.250. The number of nitrogens with one attached hydrogen (secondary N) is 1. The van der Waals surface area contributed by atoms with Gasteiger partial charge in [0.1, 0.15) is 0 Å². The zero-order chi connectivity index (χ0) is 15.2. The molecule has 2 aromatic carbocycles. The molecule has 0 amide bonds. The van der Waals surface area contributed by atoms with E-state index in [1.807, 2.05) is 24.3 Å². The molecule has 0 fully saturated rings. The highest BCUT2D eigenvalue weighted by Gasteiger charge is 2.12. The van der Waals surface area contributed by atoms with Crippen molar-refractivity contribution in [2.45, 2.75) is 12.7 Å². The predicted octanol–water partition coefficient (Wildman–Crippen LogP) is 4.29. The summed E-state index contributed by atoms with van der Waals surface area (Å²) in [7, 11) is 1.66. The highest BCUT2D eigenvalue weighted by Crippen LogP contribution is 2.26. The molecule has 21 heavy (non-hydrogen) atoms. The predicted molar refractivity (Wildman–Crippen MR) is 87.1 cm³/mol. The van der Waals surface area contributed by atoms with Gasteiger partial charge in [0.15, 0.2) is 0 Å². The van der Waals surface area contributed by atoms with Crippen LogP contribution in [0.2, 0.25) is 10.0 Å². The van der Waals surface area contributed by atoms with Gasteiger partial charge in [-0.05, 0) is 35.9 Å². The molecular formula is C16H17Cl2NO2. The van der Waals surface area contributed by atoms with Gasteiger partial charge in [0.25, 0.3) is 0 Å². The highest BCUT2D eigenvalue weighted by atomic mass is 35.5. The Hall–Kier alpha value is -1.26. The van der Waals surface area contributed by atoms with Gasteiger partial charge in [0.2, 0.25) is 0 Å². The summed E-state index contributed by atoms with van der Waals surface area (Å²) in [5.41, 5.74) is 2.60. The summed E-state index contributed by atoms with van der Waals surface area (Å²) >= 11 is 12.0. The Morgan fingerprint density at radius 1 is 1.19 bits per heavy atom. The standard InChI is InChI=1S/C16H17Cl2NO2/c1-21-10-11-3-2-4-13(7-11)19-9-16(20)14-8-12(17)5-6-15(14)18/h2-8,16,19-20H,9-10H2,1H3. The van der Waals surface area contributed by atoms with Crippen molar-refractivity contribution in [1.82, 2.24) is 0 Å². The third-order valence-corrected chi connectivity index (χ3v) is 3.63. The average molecular weight is 326 g/mol. The molecule has 1 atom stereocenters. The Balaban J connectivity index is 2.02.